The van der Waals surface area contributed by atoms with Crippen molar-refractivity contribution in [2.24, 2.45) is 11.8 Å². The third kappa shape index (κ3) is 3.08. The topological polar surface area (TPSA) is 43.7 Å². The summed E-state index contributed by atoms with van der Waals surface area (Å²) >= 11 is 0. The number of benzene rings is 1. The maximum Gasteiger partial charge on any atom is 0.0685 e. The first-order valence-electron chi connectivity index (χ1n) is 8.72. The van der Waals surface area contributed by atoms with Gasteiger partial charge in [-0.3, -0.25) is 4.90 Å². The van der Waals surface area contributed by atoms with Gasteiger partial charge in [-0.1, -0.05) is 26.0 Å². The van der Waals surface area contributed by atoms with Gasteiger partial charge in [-0.25, -0.2) is 0 Å². The minimum absolute atomic E-state index is 0.0197. The van der Waals surface area contributed by atoms with Crippen LogP contribution in [0.2, 0.25) is 0 Å². The van der Waals surface area contributed by atoms with Gasteiger partial charge in [-0.2, -0.15) is 0 Å². The van der Waals surface area contributed by atoms with E-state index in [0.717, 1.165) is 35.9 Å². The van der Waals surface area contributed by atoms with Crippen LogP contribution in [0.3, 0.4) is 0 Å². The fraction of sp³-hybridized carbons (Fsp3) is 0.684. The average molecular weight is 303 g/mol. The monoisotopic (exact) mass is 303 g/mol. The van der Waals surface area contributed by atoms with E-state index in [1.165, 1.54) is 36.9 Å². The minimum Gasteiger partial charge on any atom is -0.392 e. The first kappa shape index (κ1) is 16.0. The van der Waals surface area contributed by atoms with Gasteiger partial charge in [0.2, 0.25) is 0 Å². The van der Waals surface area contributed by atoms with E-state index in [1.54, 1.807) is 0 Å². The molecule has 3 nitrogen and oxygen atoms in total. The molecule has 3 rings (SSSR count). The van der Waals surface area contributed by atoms with E-state index < -0.39 is 0 Å². The van der Waals surface area contributed by atoms with Crippen molar-refractivity contribution in [3.05, 3.63) is 34.4 Å². The average Bonchev–Trinajstić information content (AvgIpc) is 2.52. The zero-order chi connectivity index (χ0) is 15.7. The van der Waals surface area contributed by atoms with Crippen LogP contribution in [0, 0.1) is 11.8 Å². The Balaban J connectivity index is 1.82. The molecule has 0 unspecified atom stereocenters. The number of hydrogen-bond donors (Lipinski definition) is 2. The van der Waals surface area contributed by atoms with Gasteiger partial charge in [0.25, 0.3) is 0 Å². The Hall–Kier alpha value is -0.900. The highest BCUT2D eigenvalue weighted by atomic mass is 16.3. The number of hydrogen-bond acceptors (Lipinski definition) is 3. The number of piperidine rings is 1. The van der Waals surface area contributed by atoms with Gasteiger partial charge in [-0.05, 0) is 59.8 Å². The summed E-state index contributed by atoms with van der Waals surface area (Å²) in [6.07, 6.45) is 4.95. The summed E-state index contributed by atoms with van der Waals surface area (Å²) < 4.78 is 0. The van der Waals surface area contributed by atoms with Crippen molar-refractivity contribution in [3.63, 3.8) is 0 Å². The summed E-state index contributed by atoms with van der Waals surface area (Å²) in [4.78, 5) is 2.65. The van der Waals surface area contributed by atoms with Crippen LogP contribution in [-0.2, 0) is 19.6 Å². The quantitative estimate of drug-likeness (QED) is 0.898. The third-order valence-corrected chi connectivity index (χ3v) is 5.42. The van der Waals surface area contributed by atoms with Gasteiger partial charge in [0.05, 0.1) is 13.2 Å². The van der Waals surface area contributed by atoms with Crippen LogP contribution in [0.15, 0.2) is 12.1 Å². The molecule has 3 heteroatoms. The third-order valence-electron chi connectivity index (χ3n) is 5.42. The van der Waals surface area contributed by atoms with Gasteiger partial charge in [0, 0.05) is 19.1 Å². The SMILES string of the molecule is CC(C)C[C@H]1CC[C@@H]2c3cc(CO)c(CO)cc3CCN2C1. The highest BCUT2D eigenvalue weighted by Gasteiger charge is 2.33. The lowest BCUT2D eigenvalue weighted by atomic mass is 9.80. The molecule has 1 aromatic carbocycles. The number of aliphatic hydroxyl groups excluding tert-OH is 2. The van der Waals surface area contributed by atoms with Crippen LogP contribution in [0.25, 0.3) is 0 Å². The predicted octanol–water partition coefficient (Wildman–Crippen LogP) is 3.03. The highest BCUT2D eigenvalue weighted by Crippen LogP contribution is 2.40. The molecule has 0 radical (unpaired) electrons. The molecule has 0 saturated carbocycles. The van der Waals surface area contributed by atoms with E-state index in [4.69, 9.17) is 0 Å². The van der Waals surface area contributed by atoms with Crippen LogP contribution in [0.1, 0.15) is 61.4 Å². The fourth-order valence-corrected chi connectivity index (χ4v) is 4.43. The molecule has 0 aromatic heterocycles. The Labute approximate surface area is 134 Å². The van der Waals surface area contributed by atoms with Gasteiger partial charge >= 0.3 is 0 Å². The van der Waals surface area contributed by atoms with Crippen molar-refractivity contribution in [1.29, 1.82) is 0 Å². The summed E-state index contributed by atoms with van der Waals surface area (Å²) in [5, 5.41) is 19.0. The van der Waals surface area contributed by atoms with Crippen LogP contribution >= 0.6 is 0 Å². The maximum atomic E-state index is 9.56. The Kier molecular flexibility index (Phi) is 4.86. The van der Waals surface area contributed by atoms with Crippen LogP contribution in [-0.4, -0.2) is 28.2 Å². The van der Waals surface area contributed by atoms with Crippen molar-refractivity contribution >= 4 is 0 Å². The first-order valence-corrected chi connectivity index (χ1v) is 8.72. The van der Waals surface area contributed by atoms with Crippen molar-refractivity contribution in [1.82, 2.24) is 4.90 Å². The molecule has 2 atom stereocenters. The number of rotatable bonds is 4. The van der Waals surface area contributed by atoms with E-state index in [9.17, 15) is 10.2 Å². The predicted molar refractivity (Wildman–Crippen MR) is 88.5 cm³/mol. The number of fused-ring (bicyclic) bond motifs is 3. The van der Waals surface area contributed by atoms with Crippen molar-refractivity contribution in [2.45, 2.75) is 58.8 Å². The van der Waals surface area contributed by atoms with Crippen molar-refractivity contribution in [3.8, 4) is 0 Å². The zero-order valence-electron chi connectivity index (χ0n) is 13.9. The molecule has 122 valence electrons. The van der Waals surface area contributed by atoms with E-state index in [0.29, 0.717) is 6.04 Å². The first-order chi connectivity index (χ1) is 10.6. The van der Waals surface area contributed by atoms with E-state index in [-0.39, 0.29) is 13.2 Å². The molecule has 2 heterocycles. The molecule has 1 fully saturated rings. The second kappa shape index (κ2) is 6.69. The Bertz CT molecular complexity index is 526. The van der Waals surface area contributed by atoms with Gasteiger partial charge in [0.15, 0.2) is 0 Å². The van der Waals surface area contributed by atoms with E-state index >= 15 is 0 Å². The van der Waals surface area contributed by atoms with Gasteiger partial charge in [-0.15, -0.1) is 0 Å². The largest absolute Gasteiger partial charge is 0.392 e. The highest BCUT2D eigenvalue weighted by molar-refractivity contribution is 5.41. The molecule has 22 heavy (non-hydrogen) atoms. The molecular formula is C19H29NO2. The molecule has 0 amide bonds. The van der Waals surface area contributed by atoms with Crippen molar-refractivity contribution < 1.29 is 10.2 Å². The van der Waals surface area contributed by atoms with Gasteiger partial charge < -0.3 is 10.2 Å². The molecular weight excluding hydrogens is 274 g/mol. The Morgan fingerprint density at radius 1 is 1.14 bits per heavy atom. The molecule has 0 aliphatic carbocycles. The molecule has 1 aromatic rings. The standard InChI is InChI=1S/C19H29NO2/c1-13(2)7-14-3-4-19-18-9-17(12-22)16(11-21)8-15(18)5-6-20(19)10-14/h8-9,13-14,19,21-22H,3-7,10-12H2,1-2H3/t14-,19-/m1/s1. The summed E-state index contributed by atoms with van der Waals surface area (Å²) in [7, 11) is 0. The molecule has 0 bridgehead atoms. The normalized spacial score (nSPS) is 25.1. The maximum absolute atomic E-state index is 9.56. The smallest absolute Gasteiger partial charge is 0.0685 e. The second-order valence-corrected chi connectivity index (χ2v) is 7.47. The molecule has 2 N–H and O–H groups in total. The number of aliphatic hydroxyl groups is 2. The van der Waals surface area contributed by atoms with E-state index in [2.05, 4.69) is 30.9 Å². The lowest BCUT2D eigenvalue weighted by molar-refractivity contribution is 0.0894. The lowest BCUT2D eigenvalue weighted by Crippen LogP contribution is -2.42. The van der Waals surface area contributed by atoms with Crippen LogP contribution < -0.4 is 0 Å². The van der Waals surface area contributed by atoms with Crippen LogP contribution in [0.4, 0.5) is 0 Å². The molecule has 2 aliphatic heterocycles. The molecule has 0 spiro atoms. The summed E-state index contributed by atoms with van der Waals surface area (Å²) in [5.41, 5.74) is 4.57. The lowest BCUT2D eigenvalue weighted by Gasteiger charge is -2.44. The Morgan fingerprint density at radius 3 is 2.55 bits per heavy atom. The number of nitrogens with zero attached hydrogens (tertiary/aromatic N) is 1. The summed E-state index contributed by atoms with van der Waals surface area (Å²) in [6.45, 7) is 7.04. The molecule has 1 saturated heterocycles. The van der Waals surface area contributed by atoms with Crippen molar-refractivity contribution in [2.75, 3.05) is 13.1 Å². The van der Waals surface area contributed by atoms with Crippen LogP contribution in [0.5, 0.6) is 0 Å². The second-order valence-electron chi connectivity index (χ2n) is 7.47. The molecule has 2 aliphatic rings. The fourth-order valence-electron chi connectivity index (χ4n) is 4.43. The van der Waals surface area contributed by atoms with E-state index in [1.807, 2.05) is 0 Å². The zero-order valence-corrected chi connectivity index (χ0v) is 13.9. The summed E-state index contributed by atoms with van der Waals surface area (Å²) in [6, 6.07) is 4.80. The minimum atomic E-state index is 0.0197. The van der Waals surface area contributed by atoms with Gasteiger partial charge in [0.1, 0.15) is 0 Å². The Morgan fingerprint density at radius 2 is 1.86 bits per heavy atom. The summed E-state index contributed by atoms with van der Waals surface area (Å²) in [5.74, 6) is 1.62.